The Morgan fingerprint density at radius 3 is 2.25 bits per heavy atom. The number of unbranched alkanes of at least 4 members (excludes halogenated alkanes) is 1. The lowest BCUT2D eigenvalue weighted by molar-refractivity contribution is -0.873. The van der Waals surface area contributed by atoms with Gasteiger partial charge in [0.25, 0.3) is 0 Å². The van der Waals surface area contributed by atoms with Crippen LogP contribution in [0.2, 0.25) is 0 Å². The van der Waals surface area contributed by atoms with Crippen molar-refractivity contribution < 1.29 is 23.9 Å². The number of ether oxygens (including phenoxy) is 1. The summed E-state index contributed by atoms with van der Waals surface area (Å²) >= 11 is 0. The number of aliphatic carboxylic acids is 1. The van der Waals surface area contributed by atoms with Crippen molar-refractivity contribution in [2.75, 3.05) is 27.7 Å². The van der Waals surface area contributed by atoms with Gasteiger partial charge in [-0.05, 0) is 19.3 Å². The van der Waals surface area contributed by atoms with Gasteiger partial charge in [0.05, 0.1) is 21.1 Å². The van der Waals surface area contributed by atoms with Crippen molar-refractivity contribution in [1.82, 2.24) is 0 Å². The Morgan fingerprint density at radius 2 is 1.71 bits per heavy atom. The van der Waals surface area contributed by atoms with Crippen LogP contribution in [0.15, 0.2) is 36.5 Å². The summed E-state index contributed by atoms with van der Waals surface area (Å²) in [7, 11) is 5.76. The first-order valence-corrected chi connectivity index (χ1v) is 8.42. The molecule has 1 unspecified atom stereocenters. The summed E-state index contributed by atoms with van der Waals surface area (Å²) in [6.45, 7) is 2.52. The molecule has 136 valence electrons. The molecule has 0 aliphatic rings. The van der Waals surface area contributed by atoms with Crippen LogP contribution in [0.4, 0.5) is 0 Å². The SMILES string of the molecule is CC/C=C/C=C/C=C/CCCC(=O)OC(CC(=O)[O-])C[N+](C)(C)C. The van der Waals surface area contributed by atoms with Gasteiger partial charge in [0.1, 0.15) is 6.54 Å². The first-order valence-electron chi connectivity index (χ1n) is 8.42. The number of rotatable bonds is 12. The zero-order valence-corrected chi connectivity index (χ0v) is 15.4. The second kappa shape index (κ2) is 12.5. The molecule has 0 amide bonds. The van der Waals surface area contributed by atoms with Gasteiger partial charge in [0.15, 0.2) is 6.10 Å². The number of carboxylic acids is 1. The Kier molecular flexibility index (Phi) is 11.5. The average Bonchev–Trinajstić information content (AvgIpc) is 2.42. The van der Waals surface area contributed by atoms with Crippen LogP contribution in [-0.2, 0) is 14.3 Å². The Morgan fingerprint density at radius 1 is 1.08 bits per heavy atom. The fourth-order valence-corrected chi connectivity index (χ4v) is 2.07. The normalized spacial score (nSPS) is 13.8. The molecule has 0 aromatic rings. The van der Waals surface area contributed by atoms with Crippen molar-refractivity contribution >= 4 is 11.9 Å². The van der Waals surface area contributed by atoms with Crippen LogP contribution in [0.5, 0.6) is 0 Å². The number of nitrogens with zero attached hydrogens (tertiary/aromatic N) is 1. The molecule has 0 heterocycles. The minimum Gasteiger partial charge on any atom is -0.550 e. The molecule has 0 spiro atoms. The molecule has 0 rings (SSSR count). The fourth-order valence-electron chi connectivity index (χ4n) is 2.07. The molecule has 5 nitrogen and oxygen atoms in total. The number of allylic oxidation sites excluding steroid dienone is 6. The maximum atomic E-state index is 11.8. The third kappa shape index (κ3) is 15.0. The van der Waals surface area contributed by atoms with Crippen molar-refractivity contribution in [3.05, 3.63) is 36.5 Å². The van der Waals surface area contributed by atoms with E-state index in [0.717, 1.165) is 12.8 Å². The molecule has 1 atom stereocenters. The molecule has 0 aromatic carbocycles. The Balaban J connectivity index is 4.12. The van der Waals surface area contributed by atoms with Crippen LogP contribution in [0.3, 0.4) is 0 Å². The topological polar surface area (TPSA) is 66.4 Å². The summed E-state index contributed by atoms with van der Waals surface area (Å²) in [6.07, 6.45) is 13.7. The Hall–Kier alpha value is -1.88. The zero-order valence-electron chi connectivity index (χ0n) is 15.4. The Bertz CT molecular complexity index is 458. The van der Waals surface area contributed by atoms with Crippen LogP contribution in [0.25, 0.3) is 0 Å². The molecule has 0 radical (unpaired) electrons. The van der Waals surface area contributed by atoms with Gasteiger partial charge in [-0.1, -0.05) is 43.4 Å². The molecular formula is C19H31NO4. The summed E-state index contributed by atoms with van der Waals surface area (Å²) in [4.78, 5) is 22.6. The highest BCUT2D eigenvalue weighted by atomic mass is 16.5. The minimum absolute atomic E-state index is 0.267. The summed E-state index contributed by atoms with van der Waals surface area (Å²) in [5.41, 5.74) is 0. The molecule has 0 fully saturated rings. The van der Waals surface area contributed by atoms with Crippen LogP contribution < -0.4 is 5.11 Å². The van der Waals surface area contributed by atoms with E-state index in [-0.39, 0.29) is 18.8 Å². The number of carboxylic acid groups (broad SMARTS) is 1. The van der Waals surface area contributed by atoms with E-state index in [1.807, 2.05) is 51.5 Å². The van der Waals surface area contributed by atoms with E-state index >= 15 is 0 Å². The van der Waals surface area contributed by atoms with Gasteiger partial charge >= 0.3 is 5.97 Å². The van der Waals surface area contributed by atoms with Gasteiger partial charge in [-0.15, -0.1) is 0 Å². The molecule has 24 heavy (non-hydrogen) atoms. The molecule has 0 saturated carbocycles. The van der Waals surface area contributed by atoms with Crippen LogP contribution >= 0.6 is 0 Å². The predicted octanol–water partition coefficient (Wildman–Crippen LogP) is 1.99. The standard InChI is InChI=1S/C19H31NO4/c1-5-6-7-8-9-10-11-12-13-14-19(23)24-17(15-18(21)22)16-20(2,3)4/h6-11,17H,5,12-16H2,1-4H3/b7-6+,9-8+,11-10+. The van der Waals surface area contributed by atoms with E-state index in [9.17, 15) is 14.7 Å². The maximum Gasteiger partial charge on any atom is 0.306 e. The van der Waals surface area contributed by atoms with Gasteiger partial charge in [0.2, 0.25) is 0 Å². The zero-order chi connectivity index (χ0) is 18.4. The van der Waals surface area contributed by atoms with Gasteiger partial charge in [-0.25, -0.2) is 0 Å². The number of hydrogen-bond acceptors (Lipinski definition) is 4. The van der Waals surface area contributed by atoms with Crippen molar-refractivity contribution in [2.45, 2.75) is 45.1 Å². The highest BCUT2D eigenvalue weighted by molar-refractivity contribution is 5.70. The quantitative estimate of drug-likeness (QED) is 0.236. The summed E-state index contributed by atoms with van der Waals surface area (Å²) in [5, 5.41) is 10.8. The molecule has 0 bridgehead atoms. The van der Waals surface area contributed by atoms with Crippen molar-refractivity contribution in [3.63, 3.8) is 0 Å². The van der Waals surface area contributed by atoms with Gasteiger partial charge < -0.3 is 19.1 Å². The monoisotopic (exact) mass is 337 g/mol. The maximum absolute atomic E-state index is 11.8. The number of quaternary nitrogens is 1. The number of hydrogen-bond donors (Lipinski definition) is 0. The first kappa shape index (κ1) is 22.1. The van der Waals surface area contributed by atoms with Crippen molar-refractivity contribution in [2.24, 2.45) is 0 Å². The third-order valence-corrected chi connectivity index (χ3v) is 3.04. The smallest absolute Gasteiger partial charge is 0.306 e. The van der Waals surface area contributed by atoms with Gasteiger partial charge in [0, 0.05) is 18.8 Å². The number of carbonyl (C=O) groups is 2. The van der Waals surface area contributed by atoms with E-state index < -0.39 is 12.1 Å². The fraction of sp³-hybridized carbons (Fsp3) is 0.579. The summed E-state index contributed by atoms with van der Waals surface area (Å²) < 4.78 is 5.81. The van der Waals surface area contributed by atoms with Gasteiger partial charge in [-0.3, -0.25) is 4.79 Å². The van der Waals surface area contributed by atoms with Crippen LogP contribution in [0.1, 0.15) is 39.0 Å². The molecule has 0 aromatic heterocycles. The highest BCUT2D eigenvalue weighted by Gasteiger charge is 2.22. The first-order chi connectivity index (χ1) is 11.2. The predicted molar refractivity (Wildman–Crippen MR) is 94.0 cm³/mol. The second-order valence-corrected chi connectivity index (χ2v) is 6.70. The molecular weight excluding hydrogens is 306 g/mol. The van der Waals surface area contributed by atoms with E-state index in [1.165, 1.54) is 0 Å². The molecule has 0 aliphatic heterocycles. The molecule has 0 aliphatic carbocycles. The molecule has 0 N–H and O–H groups in total. The van der Waals surface area contributed by atoms with Gasteiger partial charge in [-0.2, -0.15) is 0 Å². The number of esters is 1. The molecule has 5 heteroatoms. The van der Waals surface area contributed by atoms with E-state index in [2.05, 4.69) is 13.0 Å². The number of likely N-dealkylation sites (N-methyl/N-ethyl adjacent to an activating group) is 1. The van der Waals surface area contributed by atoms with E-state index in [4.69, 9.17) is 4.74 Å². The third-order valence-electron chi connectivity index (χ3n) is 3.04. The van der Waals surface area contributed by atoms with E-state index in [1.54, 1.807) is 0 Å². The lowest BCUT2D eigenvalue weighted by Gasteiger charge is -2.29. The second-order valence-electron chi connectivity index (χ2n) is 6.70. The lowest BCUT2D eigenvalue weighted by Crippen LogP contribution is -2.45. The Labute approximate surface area is 145 Å². The average molecular weight is 337 g/mol. The van der Waals surface area contributed by atoms with Crippen LogP contribution in [0, 0.1) is 0 Å². The van der Waals surface area contributed by atoms with Crippen LogP contribution in [-0.4, -0.2) is 50.2 Å². The highest BCUT2D eigenvalue weighted by Crippen LogP contribution is 2.08. The van der Waals surface area contributed by atoms with Crippen molar-refractivity contribution in [3.8, 4) is 0 Å². The summed E-state index contributed by atoms with van der Waals surface area (Å²) in [5.74, 6) is -1.56. The lowest BCUT2D eigenvalue weighted by atomic mass is 10.2. The summed E-state index contributed by atoms with van der Waals surface area (Å²) in [6, 6.07) is 0. The molecule has 0 saturated heterocycles. The largest absolute Gasteiger partial charge is 0.550 e. The van der Waals surface area contributed by atoms with Crippen molar-refractivity contribution in [1.29, 1.82) is 0 Å². The number of carbonyl (C=O) groups excluding carboxylic acids is 2. The minimum atomic E-state index is -1.20. The van der Waals surface area contributed by atoms with E-state index in [0.29, 0.717) is 17.4 Å².